The Morgan fingerprint density at radius 3 is 1.58 bits per heavy atom. The van der Waals surface area contributed by atoms with Gasteiger partial charge in [0.15, 0.2) is 0 Å². The Kier molecular flexibility index (Phi) is 5.94. The lowest BCUT2D eigenvalue weighted by atomic mass is 9.78. The number of benzene rings is 7. The normalized spacial score (nSPS) is 12.0. The lowest BCUT2D eigenvalue weighted by Crippen LogP contribution is -2.19. The maximum absolute atomic E-state index is 2.38. The van der Waals surface area contributed by atoms with Crippen molar-refractivity contribution in [3.63, 3.8) is 0 Å². The van der Waals surface area contributed by atoms with Crippen LogP contribution in [-0.2, 0) is 11.8 Å². The van der Waals surface area contributed by atoms with Gasteiger partial charge in [-0.05, 0) is 74.5 Å². The first-order chi connectivity index (χ1) is 21.1. The summed E-state index contributed by atoms with van der Waals surface area (Å²) in [5.41, 5.74) is 8.90. The summed E-state index contributed by atoms with van der Waals surface area (Å²) in [6.45, 7) is 4.66. The lowest BCUT2D eigenvalue weighted by Gasteiger charge is -2.27. The predicted octanol–water partition coefficient (Wildman–Crippen LogP) is 11.0. The van der Waals surface area contributed by atoms with Gasteiger partial charge in [-0.1, -0.05) is 141 Å². The second-order valence-corrected chi connectivity index (χ2v) is 12.2. The lowest BCUT2D eigenvalue weighted by molar-refractivity contribution is 0.640. The van der Waals surface area contributed by atoms with Crippen molar-refractivity contribution in [2.24, 2.45) is 0 Å². The van der Waals surface area contributed by atoms with E-state index in [0.29, 0.717) is 0 Å². The van der Waals surface area contributed by atoms with E-state index >= 15 is 0 Å². The van der Waals surface area contributed by atoms with Gasteiger partial charge in [-0.15, -0.1) is 0 Å². The molecule has 1 nitrogen and oxygen atoms in total. The van der Waals surface area contributed by atoms with Crippen LogP contribution in [0.15, 0.2) is 152 Å². The fourth-order valence-electron chi connectivity index (χ4n) is 6.93. The maximum atomic E-state index is 2.38. The van der Waals surface area contributed by atoms with E-state index in [1.165, 1.54) is 71.3 Å². The highest BCUT2D eigenvalue weighted by Gasteiger charge is 2.23. The van der Waals surface area contributed by atoms with E-state index < -0.39 is 0 Å². The van der Waals surface area contributed by atoms with Crippen molar-refractivity contribution in [2.75, 3.05) is 0 Å². The van der Waals surface area contributed by atoms with Crippen molar-refractivity contribution < 1.29 is 0 Å². The Bertz CT molecular complexity index is 2210. The fraction of sp³-hybridized carbons (Fsp3) is 0.0952. The third-order valence-electron chi connectivity index (χ3n) is 9.35. The predicted molar refractivity (Wildman–Crippen MR) is 184 cm³/mol. The van der Waals surface area contributed by atoms with Crippen molar-refractivity contribution in [3.8, 4) is 5.69 Å². The van der Waals surface area contributed by atoms with E-state index in [2.05, 4.69) is 170 Å². The molecule has 7 aromatic carbocycles. The standard InChI is InChI=1S/C42H33N/c1-42(2,33-23-25-34(26-24-33)43-40-17-9-7-15-38(40)39-16-8-10-18-41(39)43)32-21-19-29(20-22-32)27-31-28-30-11-3-4-12-35(30)37-14-6-5-13-36(31)37/h3-26,28H,27H2,1-2H3. The first kappa shape index (κ1) is 25.6. The monoisotopic (exact) mass is 551 g/mol. The van der Waals surface area contributed by atoms with Crippen LogP contribution in [0.3, 0.4) is 0 Å². The number of hydrogen-bond donors (Lipinski definition) is 0. The van der Waals surface area contributed by atoms with E-state index in [0.717, 1.165) is 6.42 Å². The average Bonchev–Trinajstić information content (AvgIpc) is 3.40. The van der Waals surface area contributed by atoms with Crippen molar-refractivity contribution in [2.45, 2.75) is 25.7 Å². The Balaban J connectivity index is 1.10. The molecule has 1 heterocycles. The Morgan fingerprint density at radius 1 is 0.465 bits per heavy atom. The Morgan fingerprint density at radius 2 is 0.953 bits per heavy atom. The fourth-order valence-corrected chi connectivity index (χ4v) is 6.93. The van der Waals surface area contributed by atoms with Crippen LogP contribution in [0.5, 0.6) is 0 Å². The minimum atomic E-state index is -0.118. The quantitative estimate of drug-likeness (QED) is 0.188. The molecular formula is C42H33N. The van der Waals surface area contributed by atoms with Gasteiger partial charge in [0.1, 0.15) is 0 Å². The molecule has 0 radical (unpaired) electrons. The summed E-state index contributed by atoms with van der Waals surface area (Å²) < 4.78 is 2.38. The van der Waals surface area contributed by atoms with E-state index in [9.17, 15) is 0 Å². The summed E-state index contributed by atoms with van der Waals surface area (Å²) in [6, 6.07) is 55.7. The van der Waals surface area contributed by atoms with Gasteiger partial charge in [-0.3, -0.25) is 0 Å². The smallest absolute Gasteiger partial charge is 0.0541 e. The molecule has 0 spiro atoms. The van der Waals surface area contributed by atoms with Gasteiger partial charge in [0.25, 0.3) is 0 Å². The van der Waals surface area contributed by atoms with E-state index in [-0.39, 0.29) is 5.41 Å². The average molecular weight is 552 g/mol. The van der Waals surface area contributed by atoms with Crippen molar-refractivity contribution in [3.05, 3.63) is 174 Å². The third kappa shape index (κ3) is 4.23. The molecule has 0 aliphatic rings. The molecule has 0 aliphatic heterocycles. The van der Waals surface area contributed by atoms with Crippen molar-refractivity contribution >= 4 is 43.4 Å². The number of rotatable bonds is 5. The molecule has 8 aromatic rings. The van der Waals surface area contributed by atoms with Gasteiger partial charge < -0.3 is 4.57 Å². The van der Waals surface area contributed by atoms with Crippen molar-refractivity contribution in [1.29, 1.82) is 0 Å². The second-order valence-electron chi connectivity index (χ2n) is 12.2. The van der Waals surface area contributed by atoms with Crippen LogP contribution < -0.4 is 0 Å². The highest BCUT2D eigenvalue weighted by atomic mass is 15.0. The van der Waals surface area contributed by atoms with Crippen molar-refractivity contribution in [1.82, 2.24) is 4.57 Å². The van der Waals surface area contributed by atoms with Gasteiger partial charge in [-0.25, -0.2) is 0 Å². The van der Waals surface area contributed by atoms with E-state index in [4.69, 9.17) is 0 Å². The molecule has 0 fully saturated rings. The minimum absolute atomic E-state index is 0.118. The summed E-state index contributed by atoms with van der Waals surface area (Å²) in [5.74, 6) is 0. The zero-order chi connectivity index (χ0) is 29.0. The summed E-state index contributed by atoms with van der Waals surface area (Å²) in [5, 5.41) is 7.88. The van der Waals surface area contributed by atoms with E-state index in [1.54, 1.807) is 0 Å². The molecule has 0 saturated carbocycles. The van der Waals surface area contributed by atoms with Crippen LogP contribution in [0.25, 0.3) is 49.0 Å². The summed E-state index contributed by atoms with van der Waals surface area (Å²) in [4.78, 5) is 0. The highest BCUT2D eigenvalue weighted by Crippen LogP contribution is 2.36. The molecule has 206 valence electrons. The zero-order valence-electron chi connectivity index (χ0n) is 24.6. The van der Waals surface area contributed by atoms with Crippen LogP contribution in [-0.4, -0.2) is 4.57 Å². The Hall–Kier alpha value is -5.14. The number of nitrogens with zero attached hydrogens (tertiary/aromatic N) is 1. The third-order valence-corrected chi connectivity index (χ3v) is 9.35. The number of fused-ring (bicyclic) bond motifs is 6. The molecule has 1 heteroatoms. The molecule has 0 saturated heterocycles. The molecule has 0 bridgehead atoms. The number of aromatic nitrogens is 1. The second kappa shape index (κ2) is 10.00. The molecule has 8 rings (SSSR count). The largest absolute Gasteiger partial charge is 0.309 e. The number of hydrogen-bond acceptors (Lipinski definition) is 0. The molecule has 0 amide bonds. The highest BCUT2D eigenvalue weighted by molar-refractivity contribution is 6.10. The maximum Gasteiger partial charge on any atom is 0.0541 e. The Labute approximate surface area is 252 Å². The SMILES string of the molecule is CC(C)(c1ccc(Cc2cc3ccccc3c3ccccc23)cc1)c1ccc(-n2c3ccccc3c3ccccc32)cc1. The molecule has 0 unspecified atom stereocenters. The van der Waals surface area contributed by atoms with Gasteiger partial charge in [0, 0.05) is 21.9 Å². The molecular weight excluding hydrogens is 518 g/mol. The summed E-state index contributed by atoms with van der Waals surface area (Å²) >= 11 is 0. The topological polar surface area (TPSA) is 4.93 Å². The first-order valence-corrected chi connectivity index (χ1v) is 15.2. The number of para-hydroxylation sites is 2. The van der Waals surface area contributed by atoms with Crippen LogP contribution in [0.1, 0.15) is 36.1 Å². The van der Waals surface area contributed by atoms with Crippen LogP contribution in [0, 0.1) is 0 Å². The van der Waals surface area contributed by atoms with Gasteiger partial charge in [0.2, 0.25) is 0 Å². The molecule has 0 N–H and O–H groups in total. The zero-order valence-corrected chi connectivity index (χ0v) is 24.6. The minimum Gasteiger partial charge on any atom is -0.309 e. The first-order valence-electron chi connectivity index (χ1n) is 15.2. The van der Waals surface area contributed by atoms with Crippen LogP contribution in [0.2, 0.25) is 0 Å². The van der Waals surface area contributed by atoms with E-state index in [1.807, 2.05) is 0 Å². The van der Waals surface area contributed by atoms with Gasteiger partial charge in [-0.2, -0.15) is 0 Å². The van der Waals surface area contributed by atoms with Gasteiger partial charge in [0.05, 0.1) is 11.0 Å². The van der Waals surface area contributed by atoms with Gasteiger partial charge >= 0.3 is 0 Å². The molecule has 1 aromatic heterocycles. The summed E-state index contributed by atoms with van der Waals surface area (Å²) in [6.07, 6.45) is 0.916. The van der Waals surface area contributed by atoms with Crippen LogP contribution in [0.4, 0.5) is 0 Å². The van der Waals surface area contributed by atoms with Crippen LogP contribution >= 0.6 is 0 Å². The molecule has 43 heavy (non-hydrogen) atoms. The summed E-state index contributed by atoms with van der Waals surface area (Å²) in [7, 11) is 0. The molecule has 0 atom stereocenters. The molecule has 0 aliphatic carbocycles.